The van der Waals surface area contributed by atoms with E-state index in [1.807, 2.05) is 42.3 Å². The molecule has 0 bridgehead atoms. The van der Waals surface area contributed by atoms with E-state index >= 15 is 0 Å². The van der Waals surface area contributed by atoms with Gasteiger partial charge in [-0.05, 0) is 30.2 Å². The summed E-state index contributed by atoms with van der Waals surface area (Å²) >= 11 is 1.74. The molecular weight excluding hydrogens is 246 g/mol. The Labute approximate surface area is 111 Å². The summed E-state index contributed by atoms with van der Waals surface area (Å²) in [5.74, 6) is 1.82. The first-order valence-electron chi connectivity index (χ1n) is 5.73. The molecule has 0 amide bonds. The summed E-state index contributed by atoms with van der Waals surface area (Å²) in [6.45, 7) is 0. The van der Waals surface area contributed by atoms with Crippen molar-refractivity contribution >= 4 is 17.4 Å². The molecule has 0 aliphatic rings. The first-order valence-corrected chi connectivity index (χ1v) is 6.71. The minimum atomic E-state index is 0.798. The summed E-state index contributed by atoms with van der Waals surface area (Å²) in [6, 6.07) is 5.73. The molecule has 1 aromatic carbocycles. The average molecular weight is 263 g/mol. The van der Waals surface area contributed by atoms with Crippen molar-refractivity contribution in [1.29, 1.82) is 0 Å². The van der Waals surface area contributed by atoms with E-state index < -0.39 is 0 Å². The second kappa shape index (κ2) is 5.82. The van der Waals surface area contributed by atoms with Crippen molar-refractivity contribution in [1.82, 2.24) is 9.78 Å². The molecule has 96 valence electrons. The van der Waals surface area contributed by atoms with Gasteiger partial charge in [-0.25, -0.2) is 0 Å². The molecule has 0 unspecified atom stereocenters. The number of benzene rings is 1. The Morgan fingerprint density at radius 3 is 2.94 bits per heavy atom. The molecule has 0 saturated heterocycles. The van der Waals surface area contributed by atoms with E-state index in [2.05, 4.69) is 5.10 Å². The van der Waals surface area contributed by atoms with Crippen molar-refractivity contribution in [2.75, 3.05) is 18.6 Å². The zero-order valence-corrected chi connectivity index (χ0v) is 11.4. The minimum Gasteiger partial charge on any atom is -0.497 e. The van der Waals surface area contributed by atoms with Crippen LogP contribution in [0.15, 0.2) is 35.5 Å². The van der Waals surface area contributed by atoms with Gasteiger partial charge in [-0.1, -0.05) is 0 Å². The third-order valence-corrected chi connectivity index (χ3v) is 3.70. The number of nitrogen functional groups attached to an aromatic ring is 1. The molecule has 0 aliphatic heterocycles. The highest BCUT2D eigenvalue weighted by molar-refractivity contribution is 7.99. The summed E-state index contributed by atoms with van der Waals surface area (Å²) in [6.07, 6.45) is 4.92. The highest BCUT2D eigenvalue weighted by Gasteiger charge is 2.03. The van der Waals surface area contributed by atoms with Gasteiger partial charge in [0.15, 0.2) is 0 Å². The summed E-state index contributed by atoms with van der Waals surface area (Å²) in [7, 11) is 3.59. The molecule has 18 heavy (non-hydrogen) atoms. The second-order valence-corrected chi connectivity index (χ2v) is 5.16. The maximum atomic E-state index is 5.93. The number of rotatable bonds is 5. The molecule has 5 heteroatoms. The Balaban J connectivity index is 1.93. The number of thioether (sulfide) groups is 1. The maximum absolute atomic E-state index is 5.93. The molecule has 4 nitrogen and oxygen atoms in total. The van der Waals surface area contributed by atoms with Crippen LogP contribution in [-0.2, 0) is 13.5 Å². The molecule has 1 heterocycles. The van der Waals surface area contributed by atoms with E-state index in [-0.39, 0.29) is 0 Å². The Kier molecular flexibility index (Phi) is 4.15. The lowest BCUT2D eigenvalue weighted by Crippen LogP contribution is -1.93. The van der Waals surface area contributed by atoms with E-state index in [9.17, 15) is 0 Å². The number of ether oxygens (including phenoxy) is 1. The van der Waals surface area contributed by atoms with Gasteiger partial charge < -0.3 is 10.5 Å². The van der Waals surface area contributed by atoms with Crippen molar-refractivity contribution in [3.05, 3.63) is 36.2 Å². The van der Waals surface area contributed by atoms with E-state index in [1.54, 1.807) is 18.9 Å². The van der Waals surface area contributed by atoms with Crippen molar-refractivity contribution in [3.63, 3.8) is 0 Å². The van der Waals surface area contributed by atoms with Gasteiger partial charge in [0, 0.05) is 29.6 Å². The molecule has 0 aliphatic carbocycles. The van der Waals surface area contributed by atoms with E-state index in [4.69, 9.17) is 10.5 Å². The van der Waals surface area contributed by atoms with Gasteiger partial charge in [0.25, 0.3) is 0 Å². The van der Waals surface area contributed by atoms with Crippen molar-refractivity contribution in [3.8, 4) is 5.75 Å². The number of anilines is 1. The smallest absolute Gasteiger partial charge is 0.120 e. The normalized spacial score (nSPS) is 10.6. The maximum Gasteiger partial charge on any atom is 0.120 e. The highest BCUT2D eigenvalue weighted by Crippen LogP contribution is 2.29. The van der Waals surface area contributed by atoms with Crippen LogP contribution < -0.4 is 10.5 Å². The molecule has 2 aromatic rings. The summed E-state index contributed by atoms with van der Waals surface area (Å²) in [4.78, 5) is 1.07. The van der Waals surface area contributed by atoms with Crippen LogP contribution in [0.4, 0.5) is 5.69 Å². The number of nitrogens with two attached hydrogens (primary N) is 1. The third kappa shape index (κ3) is 3.20. The van der Waals surface area contributed by atoms with Crippen LogP contribution in [0.3, 0.4) is 0 Å². The van der Waals surface area contributed by atoms with Crippen LogP contribution in [0.25, 0.3) is 0 Å². The molecule has 2 N–H and O–H groups in total. The molecule has 0 fully saturated rings. The monoisotopic (exact) mass is 263 g/mol. The fourth-order valence-corrected chi connectivity index (χ4v) is 2.64. The zero-order valence-electron chi connectivity index (χ0n) is 10.6. The summed E-state index contributed by atoms with van der Waals surface area (Å²) < 4.78 is 7.01. The zero-order chi connectivity index (χ0) is 13.0. The molecule has 0 radical (unpaired) electrons. The highest BCUT2D eigenvalue weighted by atomic mass is 32.2. The van der Waals surface area contributed by atoms with Crippen molar-refractivity contribution in [2.24, 2.45) is 7.05 Å². The van der Waals surface area contributed by atoms with Crippen LogP contribution in [0.1, 0.15) is 5.56 Å². The van der Waals surface area contributed by atoms with Gasteiger partial charge in [-0.3, -0.25) is 4.68 Å². The lowest BCUT2D eigenvalue weighted by molar-refractivity contribution is 0.414. The van der Waals surface area contributed by atoms with Gasteiger partial charge >= 0.3 is 0 Å². The fourth-order valence-electron chi connectivity index (χ4n) is 1.65. The average Bonchev–Trinajstić information content (AvgIpc) is 2.77. The van der Waals surface area contributed by atoms with Gasteiger partial charge in [0.1, 0.15) is 5.75 Å². The van der Waals surface area contributed by atoms with E-state index in [1.165, 1.54) is 5.56 Å². The minimum absolute atomic E-state index is 0.798. The number of aryl methyl sites for hydroxylation is 2. The van der Waals surface area contributed by atoms with Gasteiger partial charge in [0.05, 0.1) is 13.3 Å². The summed E-state index contributed by atoms with van der Waals surface area (Å²) in [5.41, 5.74) is 7.98. The quantitative estimate of drug-likeness (QED) is 0.664. The molecule has 0 spiro atoms. The topological polar surface area (TPSA) is 53.1 Å². The molecule has 1 aromatic heterocycles. The van der Waals surface area contributed by atoms with Crippen LogP contribution in [0, 0.1) is 0 Å². The second-order valence-electron chi connectivity index (χ2n) is 4.02. The molecule has 0 atom stereocenters. The van der Waals surface area contributed by atoms with Crippen LogP contribution in [-0.4, -0.2) is 22.6 Å². The fraction of sp³-hybridized carbons (Fsp3) is 0.308. The van der Waals surface area contributed by atoms with Crippen molar-refractivity contribution in [2.45, 2.75) is 11.3 Å². The predicted octanol–water partition coefficient (Wildman–Crippen LogP) is 2.35. The first kappa shape index (κ1) is 12.8. The molecular formula is C13H17N3OS. The number of hydrogen-bond acceptors (Lipinski definition) is 4. The van der Waals surface area contributed by atoms with Crippen LogP contribution >= 0.6 is 11.8 Å². The van der Waals surface area contributed by atoms with Crippen molar-refractivity contribution < 1.29 is 4.74 Å². The number of aromatic nitrogens is 2. The third-order valence-electron chi connectivity index (χ3n) is 2.63. The van der Waals surface area contributed by atoms with Gasteiger partial charge in [0.2, 0.25) is 0 Å². The molecule has 0 saturated carbocycles. The van der Waals surface area contributed by atoms with Gasteiger partial charge in [-0.15, -0.1) is 11.8 Å². The number of methoxy groups -OCH3 is 1. The Bertz CT molecular complexity index is 525. The number of nitrogens with zero attached hydrogens (tertiary/aromatic N) is 2. The van der Waals surface area contributed by atoms with Gasteiger partial charge in [-0.2, -0.15) is 5.10 Å². The lowest BCUT2D eigenvalue weighted by Gasteiger charge is -2.07. The predicted molar refractivity (Wildman–Crippen MR) is 75.0 cm³/mol. The first-order chi connectivity index (χ1) is 8.69. The van der Waals surface area contributed by atoms with E-state index in [0.29, 0.717) is 0 Å². The standard InChI is InChI=1S/C13H17N3OS/c1-16-9-10(8-15-16)5-6-18-13-7-11(17-2)3-4-12(13)14/h3-4,7-9H,5-6,14H2,1-2H3. The van der Waals surface area contributed by atoms with Crippen LogP contribution in [0.5, 0.6) is 5.75 Å². The number of hydrogen-bond donors (Lipinski definition) is 1. The Morgan fingerprint density at radius 2 is 2.28 bits per heavy atom. The lowest BCUT2D eigenvalue weighted by atomic mass is 10.3. The Hall–Kier alpha value is -1.62. The van der Waals surface area contributed by atoms with Crippen LogP contribution in [0.2, 0.25) is 0 Å². The SMILES string of the molecule is COc1ccc(N)c(SCCc2cnn(C)c2)c1. The molecule has 2 rings (SSSR count). The summed E-state index contributed by atoms with van der Waals surface area (Å²) in [5, 5.41) is 4.15. The largest absolute Gasteiger partial charge is 0.497 e. The Morgan fingerprint density at radius 1 is 1.44 bits per heavy atom. The van der Waals surface area contributed by atoms with E-state index in [0.717, 1.165) is 28.5 Å².